The number of ether oxygens (including phenoxy) is 1. The number of fused-ring (bicyclic) bond motifs is 1. The lowest BCUT2D eigenvalue weighted by atomic mass is 10.1. The molecule has 2 aromatic carbocycles. The van der Waals surface area contributed by atoms with Crippen LogP contribution in [0.3, 0.4) is 0 Å². The number of carbonyl (C=O) groups excluding carboxylic acids is 3. The Morgan fingerprint density at radius 3 is 2.43 bits per heavy atom. The number of nitrogens with zero attached hydrogens (tertiary/aromatic N) is 2. The Labute approximate surface area is 174 Å². The monoisotopic (exact) mass is 405 g/mol. The molecule has 0 saturated carbocycles. The molecule has 0 radical (unpaired) electrons. The van der Waals surface area contributed by atoms with Gasteiger partial charge in [0, 0.05) is 42.8 Å². The molecule has 2 amide bonds. The zero-order chi connectivity index (χ0) is 21.5. The first-order valence-corrected chi connectivity index (χ1v) is 9.54. The van der Waals surface area contributed by atoms with Crippen LogP contribution in [0, 0.1) is 0 Å². The molecule has 7 heteroatoms. The standard InChI is InChI=1S/C23H23N3O4/c1-26(2)23(29)17-8-11-19(12-9-17)25-21(27)15-30-22(28)14-13-18-10-7-16-5-3-4-6-20(16)24-18/h3-12H,13-15H2,1-2H3,(H,25,27). The second-order valence-electron chi connectivity index (χ2n) is 6.98. The molecule has 0 atom stereocenters. The predicted octanol–water partition coefficient (Wildman–Crippen LogP) is 3.05. The number of para-hydroxylation sites is 1. The second-order valence-corrected chi connectivity index (χ2v) is 6.98. The third-order valence-electron chi connectivity index (χ3n) is 4.43. The topological polar surface area (TPSA) is 88.6 Å². The van der Waals surface area contributed by atoms with E-state index in [-0.39, 0.29) is 18.9 Å². The summed E-state index contributed by atoms with van der Waals surface area (Å²) in [6.07, 6.45) is 0.576. The molecule has 1 N–H and O–H groups in total. The van der Waals surface area contributed by atoms with Gasteiger partial charge in [-0.3, -0.25) is 19.4 Å². The van der Waals surface area contributed by atoms with Crippen LogP contribution in [0.2, 0.25) is 0 Å². The average Bonchev–Trinajstić information content (AvgIpc) is 2.76. The third kappa shape index (κ3) is 5.64. The van der Waals surface area contributed by atoms with Crippen molar-refractivity contribution in [2.75, 3.05) is 26.0 Å². The maximum Gasteiger partial charge on any atom is 0.306 e. The van der Waals surface area contributed by atoms with Crippen molar-refractivity contribution in [3.8, 4) is 0 Å². The highest BCUT2D eigenvalue weighted by Crippen LogP contribution is 2.13. The van der Waals surface area contributed by atoms with Gasteiger partial charge in [0.05, 0.1) is 11.9 Å². The highest BCUT2D eigenvalue weighted by molar-refractivity contribution is 5.96. The SMILES string of the molecule is CN(C)C(=O)c1ccc(NC(=O)COC(=O)CCc2ccc3ccccc3n2)cc1. The van der Waals surface area contributed by atoms with Crippen molar-refractivity contribution >= 4 is 34.4 Å². The number of rotatable bonds is 7. The minimum Gasteiger partial charge on any atom is -0.456 e. The summed E-state index contributed by atoms with van der Waals surface area (Å²) in [4.78, 5) is 41.8. The summed E-state index contributed by atoms with van der Waals surface area (Å²) in [5, 5.41) is 3.67. The Hall–Kier alpha value is -3.74. The van der Waals surface area contributed by atoms with Gasteiger partial charge in [-0.05, 0) is 36.4 Å². The Kier molecular flexibility index (Phi) is 6.75. The van der Waals surface area contributed by atoms with E-state index >= 15 is 0 Å². The van der Waals surface area contributed by atoms with Crippen molar-refractivity contribution < 1.29 is 19.1 Å². The molecule has 0 aliphatic carbocycles. The van der Waals surface area contributed by atoms with Crippen molar-refractivity contribution in [3.05, 3.63) is 71.9 Å². The van der Waals surface area contributed by atoms with Crippen molar-refractivity contribution in [2.24, 2.45) is 0 Å². The van der Waals surface area contributed by atoms with Gasteiger partial charge in [-0.15, -0.1) is 0 Å². The molecule has 0 aliphatic heterocycles. The Morgan fingerprint density at radius 1 is 0.967 bits per heavy atom. The summed E-state index contributed by atoms with van der Waals surface area (Å²) in [6, 6.07) is 18.1. The zero-order valence-corrected chi connectivity index (χ0v) is 16.9. The van der Waals surface area contributed by atoms with E-state index in [4.69, 9.17) is 4.74 Å². The lowest BCUT2D eigenvalue weighted by molar-refractivity contribution is -0.147. The lowest BCUT2D eigenvalue weighted by Crippen LogP contribution is -2.22. The number of carbonyl (C=O) groups is 3. The molecule has 0 unspecified atom stereocenters. The van der Waals surface area contributed by atoms with Crippen molar-refractivity contribution in [2.45, 2.75) is 12.8 Å². The summed E-state index contributed by atoms with van der Waals surface area (Å²) in [5.74, 6) is -1.03. The first-order valence-electron chi connectivity index (χ1n) is 9.54. The van der Waals surface area contributed by atoms with Crippen LogP contribution in [0.15, 0.2) is 60.7 Å². The number of aromatic nitrogens is 1. The summed E-state index contributed by atoms with van der Waals surface area (Å²) < 4.78 is 5.04. The molecule has 1 aromatic heterocycles. The molecule has 0 fully saturated rings. The Bertz CT molecular complexity index is 1060. The number of esters is 1. The van der Waals surface area contributed by atoms with E-state index in [2.05, 4.69) is 10.3 Å². The van der Waals surface area contributed by atoms with Crippen LogP contribution in [-0.2, 0) is 20.7 Å². The van der Waals surface area contributed by atoms with Crippen LogP contribution in [-0.4, -0.2) is 48.4 Å². The van der Waals surface area contributed by atoms with Crippen LogP contribution in [0.25, 0.3) is 10.9 Å². The average molecular weight is 405 g/mol. The fourth-order valence-corrected chi connectivity index (χ4v) is 2.85. The number of aryl methyl sites for hydroxylation is 1. The van der Waals surface area contributed by atoms with Crippen LogP contribution in [0.5, 0.6) is 0 Å². The van der Waals surface area contributed by atoms with E-state index in [1.165, 1.54) is 4.90 Å². The van der Waals surface area contributed by atoms with Crippen molar-refractivity contribution in [1.82, 2.24) is 9.88 Å². The fourth-order valence-electron chi connectivity index (χ4n) is 2.85. The van der Waals surface area contributed by atoms with E-state index in [0.717, 1.165) is 16.6 Å². The van der Waals surface area contributed by atoms with Crippen LogP contribution >= 0.6 is 0 Å². The molecule has 154 valence electrons. The summed E-state index contributed by atoms with van der Waals surface area (Å²) >= 11 is 0. The number of benzene rings is 2. The fraction of sp³-hybridized carbons (Fsp3) is 0.217. The van der Waals surface area contributed by atoms with Crippen molar-refractivity contribution in [1.29, 1.82) is 0 Å². The normalized spacial score (nSPS) is 10.5. The molecule has 0 spiro atoms. The molecule has 30 heavy (non-hydrogen) atoms. The van der Waals surface area contributed by atoms with Crippen LogP contribution < -0.4 is 5.32 Å². The van der Waals surface area contributed by atoms with Crippen LogP contribution in [0.4, 0.5) is 5.69 Å². The van der Waals surface area contributed by atoms with Crippen molar-refractivity contribution in [3.63, 3.8) is 0 Å². The quantitative estimate of drug-likeness (QED) is 0.611. The van der Waals surface area contributed by atoms with Gasteiger partial charge >= 0.3 is 5.97 Å². The van der Waals surface area contributed by atoms with Gasteiger partial charge < -0.3 is 15.0 Å². The van der Waals surface area contributed by atoms with Gasteiger partial charge in [0.25, 0.3) is 11.8 Å². The maximum absolute atomic E-state index is 12.0. The molecule has 7 nitrogen and oxygen atoms in total. The minimum absolute atomic E-state index is 0.122. The largest absolute Gasteiger partial charge is 0.456 e. The Balaban J connectivity index is 1.43. The Morgan fingerprint density at radius 2 is 1.70 bits per heavy atom. The van der Waals surface area contributed by atoms with E-state index in [1.54, 1.807) is 38.4 Å². The first kappa shape index (κ1) is 21.0. The predicted molar refractivity (Wildman–Crippen MR) is 114 cm³/mol. The first-order chi connectivity index (χ1) is 14.4. The lowest BCUT2D eigenvalue weighted by Gasteiger charge is -2.11. The van der Waals surface area contributed by atoms with E-state index < -0.39 is 11.9 Å². The molecular weight excluding hydrogens is 382 g/mol. The molecular formula is C23H23N3O4. The number of hydrogen-bond donors (Lipinski definition) is 1. The number of nitrogens with one attached hydrogen (secondary N) is 1. The second kappa shape index (κ2) is 9.65. The summed E-state index contributed by atoms with van der Waals surface area (Å²) in [6.45, 7) is -0.373. The smallest absolute Gasteiger partial charge is 0.306 e. The minimum atomic E-state index is -0.466. The van der Waals surface area contributed by atoms with Crippen LogP contribution in [0.1, 0.15) is 22.5 Å². The number of anilines is 1. The van der Waals surface area contributed by atoms with Gasteiger partial charge in [-0.25, -0.2) is 0 Å². The van der Waals surface area contributed by atoms with Gasteiger partial charge in [0.2, 0.25) is 0 Å². The molecule has 0 aliphatic rings. The molecule has 0 bridgehead atoms. The molecule has 1 heterocycles. The summed E-state index contributed by atoms with van der Waals surface area (Å²) in [7, 11) is 3.34. The van der Waals surface area contributed by atoms with E-state index in [0.29, 0.717) is 17.7 Å². The van der Waals surface area contributed by atoms with Gasteiger partial charge in [0.15, 0.2) is 6.61 Å². The van der Waals surface area contributed by atoms with Gasteiger partial charge in [-0.2, -0.15) is 0 Å². The number of pyridine rings is 1. The molecule has 3 rings (SSSR count). The molecule has 0 saturated heterocycles. The zero-order valence-electron chi connectivity index (χ0n) is 16.9. The van der Waals surface area contributed by atoms with Gasteiger partial charge in [0.1, 0.15) is 0 Å². The highest BCUT2D eigenvalue weighted by atomic mass is 16.5. The maximum atomic E-state index is 12.0. The number of amides is 2. The summed E-state index contributed by atoms with van der Waals surface area (Å²) in [5.41, 5.74) is 2.71. The van der Waals surface area contributed by atoms with E-state index in [9.17, 15) is 14.4 Å². The highest BCUT2D eigenvalue weighted by Gasteiger charge is 2.11. The third-order valence-corrected chi connectivity index (χ3v) is 4.43. The molecule has 3 aromatic rings. The van der Waals surface area contributed by atoms with Gasteiger partial charge in [-0.1, -0.05) is 24.3 Å². The number of hydrogen-bond acceptors (Lipinski definition) is 5. The van der Waals surface area contributed by atoms with E-state index in [1.807, 2.05) is 36.4 Å².